The molecule has 5 atom stereocenters. The highest BCUT2D eigenvalue weighted by atomic mass is 19.1. The molecule has 8 rings (SSSR count). The van der Waals surface area contributed by atoms with Crippen molar-refractivity contribution in [2.75, 3.05) is 44.7 Å². The molecular weight excluding hydrogens is 491 g/mol. The number of fused-ring (bicyclic) bond motifs is 6. The SMILES string of the molecule is CN1Cc2c(nc(OC[C@@]34CCCN3C[C@H](F)C4)nc2N2C[C@H]3CC[C@@H](C2)N3)C[C@]12CCCc1ccccc12. The van der Waals surface area contributed by atoms with Gasteiger partial charge in [-0.05, 0) is 69.7 Å². The van der Waals surface area contributed by atoms with E-state index >= 15 is 0 Å². The number of piperazine rings is 1. The molecule has 0 radical (unpaired) electrons. The highest BCUT2D eigenvalue weighted by Crippen LogP contribution is 2.47. The Labute approximate surface area is 231 Å². The molecule has 1 aromatic carbocycles. The number of aryl methyl sites for hydroxylation is 1. The number of hydrogen-bond acceptors (Lipinski definition) is 7. The molecule has 0 unspecified atom stereocenters. The van der Waals surface area contributed by atoms with Crippen LogP contribution in [0.4, 0.5) is 10.2 Å². The van der Waals surface area contributed by atoms with Gasteiger partial charge >= 0.3 is 6.01 Å². The van der Waals surface area contributed by atoms with Crippen LogP contribution < -0.4 is 15.0 Å². The van der Waals surface area contributed by atoms with Gasteiger partial charge < -0.3 is 15.0 Å². The van der Waals surface area contributed by atoms with Gasteiger partial charge in [0.05, 0.1) is 16.8 Å². The van der Waals surface area contributed by atoms with Crippen molar-refractivity contribution in [3.63, 3.8) is 0 Å². The molecule has 6 aliphatic rings. The fraction of sp³-hybridized carbons (Fsp3) is 0.677. The highest BCUT2D eigenvalue weighted by Gasteiger charge is 2.50. The van der Waals surface area contributed by atoms with Crippen LogP contribution in [0.1, 0.15) is 67.3 Å². The number of rotatable bonds is 4. The molecule has 8 heteroatoms. The Balaban J connectivity index is 1.17. The summed E-state index contributed by atoms with van der Waals surface area (Å²) in [6, 6.07) is 10.6. The molecule has 39 heavy (non-hydrogen) atoms. The Morgan fingerprint density at radius 3 is 2.79 bits per heavy atom. The van der Waals surface area contributed by atoms with E-state index in [1.165, 1.54) is 36.0 Å². The predicted octanol–water partition coefficient (Wildman–Crippen LogP) is 3.59. The van der Waals surface area contributed by atoms with Gasteiger partial charge in [-0.15, -0.1) is 0 Å². The Bertz CT molecular complexity index is 1260. The summed E-state index contributed by atoms with van der Waals surface area (Å²) in [7, 11) is 2.29. The van der Waals surface area contributed by atoms with Crippen LogP contribution in [0, 0.1) is 0 Å². The maximum atomic E-state index is 14.4. The van der Waals surface area contributed by atoms with Gasteiger partial charge in [0, 0.05) is 56.7 Å². The Kier molecular flexibility index (Phi) is 5.73. The lowest BCUT2D eigenvalue weighted by Gasteiger charge is -2.49. The molecule has 2 aromatic rings. The minimum Gasteiger partial charge on any atom is -0.461 e. The van der Waals surface area contributed by atoms with Gasteiger partial charge in [-0.1, -0.05) is 24.3 Å². The molecule has 0 amide bonds. The van der Waals surface area contributed by atoms with Crippen molar-refractivity contribution in [3.8, 4) is 6.01 Å². The standard InChI is InChI=1S/C31H41FN6O/c1-36-19-25-27(15-31(36)12-4-7-21-6-2-3-8-26(21)31)34-29(35-28(25)37-17-23-9-10-24(18-37)33-23)39-20-30-11-5-13-38(30)16-22(32)14-30/h2-3,6,8,22-24,33H,4-5,7,9-20H2,1H3/t22-,23-,24+,30+,31+/m1/s1. The zero-order valence-corrected chi connectivity index (χ0v) is 23.2. The van der Waals surface area contributed by atoms with Gasteiger partial charge in [-0.25, -0.2) is 4.39 Å². The first-order chi connectivity index (χ1) is 19.0. The molecule has 4 saturated heterocycles. The van der Waals surface area contributed by atoms with Gasteiger partial charge in [-0.3, -0.25) is 9.80 Å². The van der Waals surface area contributed by atoms with Gasteiger partial charge in [0.1, 0.15) is 18.6 Å². The number of hydrogen-bond donors (Lipinski definition) is 1. The average Bonchev–Trinajstić information content (AvgIpc) is 3.58. The maximum Gasteiger partial charge on any atom is 0.318 e. The molecule has 1 spiro atoms. The van der Waals surface area contributed by atoms with E-state index in [1.54, 1.807) is 0 Å². The van der Waals surface area contributed by atoms with E-state index in [9.17, 15) is 4.39 Å². The number of halogens is 1. The Morgan fingerprint density at radius 1 is 1.08 bits per heavy atom. The highest BCUT2D eigenvalue weighted by molar-refractivity contribution is 5.54. The third-order valence-corrected chi connectivity index (χ3v) is 10.9. The van der Waals surface area contributed by atoms with Crippen LogP contribution in [-0.4, -0.2) is 83.4 Å². The Morgan fingerprint density at radius 2 is 1.92 bits per heavy atom. The molecule has 6 heterocycles. The van der Waals surface area contributed by atoms with Gasteiger partial charge in [0.2, 0.25) is 0 Å². The number of benzene rings is 1. The number of alkyl halides is 1. The molecule has 1 aromatic heterocycles. The van der Waals surface area contributed by atoms with E-state index in [2.05, 4.69) is 51.3 Å². The second-order valence-electron chi connectivity index (χ2n) is 13.2. The van der Waals surface area contributed by atoms with Crippen LogP contribution in [-0.2, 0) is 24.9 Å². The quantitative estimate of drug-likeness (QED) is 0.646. The fourth-order valence-electron chi connectivity index (χ4n) is 9.03. The number of nitrogens with one attached hydrogen (secondary N) is 1. The van der Waals surface area contributed by atoms with Crippen LogP contribution in [0.3, 0.4) is 0 Å². The van der Waals surface area contributed by atoms with Crippen molar-refractivity contribution in [2.24, 2.45) is 0 Å². The monoisotopic (exact) mass is 532 g/mol. The largest absolute Gasteiger partial charge is 0.461 e. The van der Waals surface area contributed by atoms with Crippen molar-refractivity contribution in [1.82, 2.24) is 25.1 Å². The van der Waals surface area contributed by atoms with Crippen molar-refractivity contribution < 1.29 is 9.13 Å². The fourth-order valence-corrected chi connectivity index (χ4v) is 9.03. The third kappa shape index (κ3) is 3.92. The first-order valence-corrected chi connectivity index (χ1v) is 15.2. The summed E-state index contributed by atoms with van der Waals surface area (Å²) in [6.45, 7) is 4.80. The van der Waals surface area contributed by atoms with E-state index in [-0.39, 0.29) is 11.1 Å². The van der Waals surface area contributed by atoms with Gasteiger partial charge in [0.15, 0.2) is 0 Å². The lowest BCUT2D eigenvalue weighted by molar-refractivity contribution is 0.0713. The van der Waals surface area contributed by atoms with E-state index < -0.39 is 6.17 Å². The lowest BCUT2D eigenvalue weighted by Crippen LogP contribution is -2.53. The third-order valence-electron chi connectivity index (χ3n) is 10.9. The number of likely N-dealkylation sites (N-methyl/N-ethyl adjacent to an activating group) is 1. The summed E-state index contributed by atoms with van der Waals surface area (Å²) in [5, 5.41) is 3.77. The van der Waals surface area contributed by atoms with Gasteiger partial charge in [0.25, 0.3) is 0 Å². The van der Waals surface area contributed by atoms with E-state index in [1.807, 2.05) is 0 Å². The van der Waals surface area contributed by atoms with Crippen molar-refractivity contribution >= 4 is 5.82 Å². The molecule has 0 saturated carbocycles. The van der Waals surface area contributed by atoms with Crippen molar-refractivity contribution in [2.45, 2.75) is 93.7 Å². The van der Waals surface area contributed by atoms with Crippen LogP contribution in [0.15, 0.2) is 24.3 Å². The summed E-state index contributed by atoms with van der Waals surface area (Å²) in [6.07, 6.45) is 8.76. The lowest BCUT2D eigenvalue weighted by atomic mass is 9.71. The summed E-state index contributed by atoms with van der Waals surface area (Å²) < 4.78 is 20.9. The second-order valence-corrected chi connectivity index (χ2v) is 13.2. The van der Waals surface area contributed by atoms with E-state index in [4.69, 9.17) is 14.7 Å². The van der Waals surface area contributed by atoms with Crippen LogP contribution >= 0.6 is 0 Å². The van der Waals surface area contributed by atoms with Crippen molar-refractivity contribution in [1.29, 1.82) is 0 Å². The van der Waals surface area contributed by atoms with E-state index in [0.29, 0.717) is 37.7 Å². The number of anilines is 1. The average molecular weight is 533 g/mol. The summed E-state index contributed by atoms with van der Waals surface area (Å²) >= 11 is 0. The molecule has 1 N–H and O–H groups in total. The number of aromatic nitrogens is 2. The zero-order valence-electron chi connectivity index (χ0n) is 23.2. The van der Waals surface area contributed by atoms with Gasteiger partial charge in [-0.2, -0.15) is 9.97 Å². The van der Waals surface area contributed by atoms with Crippen LogP contribution in [0.25, 0.3) is 0 Å². The minimum absolute atomic E-state index is 0.0406. The Hall–Kier alpha value is -2.29. The first-order valence-electron chi connectivity index (χ1n) is 15.2. The molecule has 7 nitrogen and oxygen atoms in total. The molecule has 4 fully saturated rings. The molecule has 2 bridgehead atoms. The maximum absolute atomic E-state index is 14.4. The molecule has 1 aliphatic carbocycles. The van der Waals surface area contributed by atoms with Crippen LogP contribution in [0.2, 0.25) is 0 Å². The van der Waals surface area contributed by atoms with Crippen LogP contribution in [0.5, 0.6) is 6.01 Å². The number of ether oxygens (including phenoxy) is 1. The number of nitrogens with zero attached hydrogens (tertiary/aromatic N) is 5. The molecule has 5 aliphatic heterocycles. The molecule has 208 valence electrons. The second kappa shape index (κ2) is 9.11. The van der Waals surface area contributed by atoms with Crippen molar-refractivity contribution in [3.05, 3.63) is 46.6 Å². The summed E-state index contributed by atoms with van der Waals surface area (Å²) in [5.41, 5.74) is 5.12. The zero-order chi connectivity index (χ0) is 26.2. The summed E-state index contributed by atoms with van der Waals surface area (Å²) in [5.74, 6) is 1.06. The normalized spacial score (nSPS) is 35.7. The smallest absolute Gasteiger partial charge is 0.318 e. The molecular formula is C31H41FN6O. The topological polar surface area (TPSA) is 56.8 Å². The summed E-state index contributed by atoms with van der Waals surface area (Å²) in [4.78, 5) is 17.7. The van der Waals surface area contributed by atoms with E-state index in [0.717, 1.165) is 69.8 Å². The first kappa shape index (κ1) is 24.5. The minimum atomic E-state index is -0.757. The predicted molar refractivity (Wildman–Crippen MR) is 149 cm³/mol.